The van der Waals surface area contributed by atoms with Gasteiger partial charge in [0.05, 0.1) is 6.42 Å². The SMILES string of the molecule is Cn1c(C(=O)O)cc2c3c(CCNC(=O)Cc4ccccc4)cccc3ccc21. The smallest absolute Gasteiger partial charge is 0.352 e. The molecule has 29 heavy (non-hydrogen) atoms. The molecule has 0 fully saturated rings. The normalized spacial score (nSPS) is 11.1. The molecule has 0 radical (unpaired) electrons. The summed E-state index contributed by atoms with van der Waals surface area (Å²) < 4.78 is 1.70. The minimum Gasteiger partial charge on any atom is -0.477 e. The maximum atomic E-state index is 12.2. The average molecular weight is 386 g/mol. The van der Waals surface area contributed by atoms with Crippen LogP contribution < -0.4 is 5.32 Å². The van der Waals surface area contributed by atoms with Crippen molar-refractivity contribution < 1.29 is 14.7 Å². The van der Waals surface area contributed by atoms with Gasteiger partial charge in [0, 0.05) is 24.5 Å². The second kappa shape index (κ2) is 7.80. The fourth-order valence-corrected chi connectivity index (χ4v) is 3.87. The number of amides is 1. The Bertz CT molecular complexity index is 1210. The van der Waals surface area contributed by atoms with E-state index in [1.54, 1.807) is 17.7 Å². The van der Waals surface area contributed by atoms with Gasteiger partial charge in [0.25, 0.3) is 0 Å². The first-order valence-corrected chi connectivity index (χ1v) is 9.58. The zero-order valence-corrected chi connectivity index (χ0v) is 16.2. The molecule has 2 N–H and O–H groups in total. The summed E-state index contributed by atoms with van der Waals surface area (Å²) in [5.74, 6) is -0.947. The number of fused-ring (bicyclic) bond motifs is 3. The first-order chi connectivity index (χ1) is 14.0. The van der Waals surface area contributed by atoms with Crippen LogP contribution in [0.5, 0.6) is 0 Å². The topological polar surface area (TPSA) is 71.3 Å². The maximum absolute atomic E-state index is 12.2. The summed E-state index contributed by atoms with van der Waals surface area (Å²) in [5.41, 5.74) is 3.23. The van der Waals surface area contributed by atoms with Gasteiger partial charge in [0.15, 0.2) is 0 Å². The Balaban J connectivity index is 1.58. The van der Waals surface area contributed by atoms with Crippen molar-refractivity contribution in [1.82, 2.24) is 9.88 Å². The van der Waals surface area contributed by atoms with E-state index >= 15 is 0 Å². The molecular formula is C24H22N2O3. The summed E-state index contributed by atoms with van der Waals surface area (Å²) in [6.07, 6.45) is 1.04. The van der Waals surface area contributed by atoms with Crippen molar-refractivity contribution in [2.75, 3.05) is 6.54 Å². The molecule has 0 saturated carbocycles. The van der Waals surface area contributed by atoms with Crippen molar-refractivity contribution >= 4 is 33.6 Å². The number of nitrogens with one attached hydrogen (secondary N) is 1. The largest absolute Gasteiger partial charge is 0.477 e. The highest BCUT2D eigenvalue weighted by Crippen LogP contribution is 2.30. The lowest BCUT2D eigenvalue weighted by Crippen LogP contribution is -2.27. The Morgan fingerprint density at radius 3 is 2.55 bits per heavy atom. The van der Waals surface area contributed by atoms with Gasteiger partial charge in [-0.25, -0.2) is 4.79 Å². The van der Waals surface area contributed by atoms with Gasteiger partial charge in [-0.1, -0.05) is 54.6 Å². The lowest BCUT2D eigenvalue weighted by atomic mass is 9.98. The van der Waals surface area contributed by atoms with Gasteiger partial charge in [-0.2, -0.15) is 0 Å². The Morgan fingerprint density at radius 1 is 1.00 bits per heavy atom. The van der Waals surface area contributed by atoms with Crippen molar-refractivity contribution in [3.8, 4) is 0 Å². The van der Waals surface area contributed by atoms with E-state index in [1.165, 1.54) is 0 Å². The number of carboxylic acid groups (broad SMARTS) is 1. The zero-order chi connectivity index (χ0) is 20.4. The first-order valence-electron chi connectivity index (χ1n) is 9.58. The number of carboxylic acids is 1. The number of carbonyl (C=O) groups is 2. The van der Waals surface area contributed by atoms with E-state index in [0.29, 0.717) is 19.4 Å². The number of aromatic carboxylic acids is 1. The molecule has 4 rings (SSSR count). The minimum absolute atomic E-state index is 0.00513. The molecule has 1 aromatic heterocycles. The molecule has 0 aliphatic heterocycles. The van der Waals surface area contributed by atoms with E-state index < -0.39 is 5.97 Å². The molecule has 0 saturated heterocycles. The van der Waals surface area contributed by atoms with E-state index in [9.17, 15) is 14.7 Å². The molecule has 4 aromatic rings. The maximum Gasteiger partial charge on any atom is 0.352 e. The van der Waals surface area contributed by atoms with Crippen LogP contribution in [0.1, 0.15) is 21.6 Å². The van der Waals surface area contributed by atoms with Gasteiger partial charge in [0.2, 0.25) is 5.91 Å². The zero-order valence-electron chi connectivity index (χ0n) is 16.2. The number of benzene rings is 3. The molecule has 0 atom stereocenters. The number of hydrogen-bond donors (Lipinski definition) is 2. The van der Waals surface area contributed by atoms with E-state index in [2.05, 4.69) is 5.32 Å². The second-order valence-corrected chi connectivity index (χ2v) is 7.17. The summed E-state index contributed by atoms with van der Waals surface area (Å²) in [6.45, 7) is 0.528. The number of nitrogens with zero attached hydrogens (tertiary/aromatic N) is 1. The summed E-state index contributed by atoms with van der Waals surface area (Å²) in [7, 11) is 1.77. The van der Waals surface area contributed by atoms with E-state index in [1.807, 2.05) is 60.7 Å². The molecular weight excluding hydrogens is 364 g/mol. The number of aryl methyl sites for hydroxylation is 1. The number of rotatable bonds is 6. The molecule has 0 spiro atoms. The Labute approximate surface area is 168 Å². The van der Waals surface area contributed by atoms with Crippen LogP contribution in [0.15, 0.2) is 66.7 Å². The third-order valence-electron chi connectivity index (χ3n) is 5.30. The fraction of sp³-hybridized carbons (Fsp3) is 0.167. The van der Waals surface area contributed by atoms with Gasteiger partial charge in [-0.3, -0.25) is 4.79 Å². The van der Waals surface area contributed by atoms with Crippen LogP contribution >= 0.6 is 0 Å². The molecule has 0 bridgehead atoms. The van der Waals surface area contributed by atoms with Gasteiger partial charge in [-0.05, 0) is 40.5 Å². The minimum atomic E-state index is -0.942. The Morgan fingerprint density at radius 2 is 1.79 bits per heavy atom. The highest BCUT2D eigenvalue weighted by atomic mass is 16.4. The van der Waals surface area contributed by atoms with E-state index in [-0.39, 0.29) is 11.6 Å². The quantitative estimate of drug-likeness (QED) is 0.527. The molecule has 0 aliphatic rings. The third-order valence-corrected chi connectivity index (χ3v) is 5.30. The van der Waals surface area contributed by atoms with Crippen molar-refractivity contribution in [3.63, 3.8) is 0 Å². The summed E-state index contributed by atoms with van der Waals surface area (Å²) >= 11 is 0. The average Bonchev–Trinajstić information content (AvgIpc) is 3.06. The van der Waals surface area contributed by atoms with Gasteiger partial charge >= 0.3 is 5.97 Å². The summed E-state index contributed by atoms with van der Waals surface area (Å²) in [5, 5.41) is 15.5. The Hall–Kier alpha value is -3.60. The molecule has 3 aromatic carbocycles. The van der Waals surface area contributed by atoms with Crippen molar-refractivity contribution in [2.24, 2.45) is 7.05 Å². The molecule has 5 nitrogen and oxygen atoms in total. The highest BCUT2D eigenvalue weighted by Gasteiger charge is 2.15. The van der Waals surface area contributed by atoms with Crippen LogP contribution in [0, 0.1) is 0 Å². The lowest BCUT2D eigenvalue weighted by Gasteiger charge is -2.10. The van der Waals surface area contributed by atoms with E-state index in [4.69, 9.17) is 0 Å². The van der Waals surface area contributed by atoms with Crippen LogP contribution in [0.4, 0.5) is 0 Å². The van der Waals surface area contributed by atoms with Crippen LogP contribution in [0.25, 0.3) is 21.7 Å². The van der Waals surface area contributed by atoms with Crippen LogP contribution in [-0.4, -0.2) is 28.1 Å². The molecule has 5 heteroatoms. The molecule has 0 unspecified atom stereocenters. The van der Waals surface area contributed by atoms with Crippen molar-refractivity contribution in [2.45, 2.75) is 12.8 Å². The summed E-state index contributed by atoms with van der Waals surface area (Å²) in [4.78, 5) is 23.8. The fourth-order valence-electron chi connectivity index (χ4n) is 3.87. The van der Waals surface area contributed by atoms with Crippen LogP contribution in [0.2, 0.25) is 0 Å². The molecule has 0 aliphatic carbocycles. The van der Waals surface area contributed by atoms with Crippen molar-refractivity contribution in [1.29, 1.82) is 0 Å². The van der Waals surface area contributed by atoms with Gasteiger partial charge < -0.3 is 15.0 Å². The summed E-state index contributed by atoms with van der Waals surface area (Å²) in [6, 6.07) is 21.4. The van der Waals surface area contributed by atoms with Crippen LogP contribution in [0.3, 0.4) is 0 Å². The predicted octanol–water partition coefficient (Wildman–Crippen LogP) is 3.93. The first kappa shape index (κ1) is 18.7. The van der Waals surface area contributed by atoms with Crippen LogP contribution in [-0.2, 0) is 24.7 Å². The predicted molar refractivity (Wildman–Crippen MR) is 114 cm³/mol. The number of aromatic nitrogens is 1. The Kier molecular flexibility index (Phi) is 5.04. The van der Waals surface area contributed by atoms with Gasteiger partial charge in [0.1, 0.15) is 5.69 Å². The number of hydrogen-bond acceptors (Lipinski definition) is 2. The molecule has 146 valence electrons. The third kappa shape index (κ3) is 3.72. The standard InChI is InChI=1S/C24H22N2O3/c1-26-20-11-10-17-8-5-9-18(23(17)19(20)15-21(26)24(28)29)12-13-25-22(27)14-16-6-3-2-4-7-16/h2-11,15H,12-14H2,1H3,(H,25,27)(H,28,29). The second-order valence-electron chi connectivity index (χ2n) is 7.17. The highest BCUT2D eigenvalue weighted by molar-refractivity contribution is 6.11. The molecule has 1 heterocycles. The van der Waals surface area contributed by atoms with Gasteiger partial charge in [-0.15, -0.1) is 0 Å². The number of carbonyl (C=O) groups excluding carboxylic acids is 1. The van der Waals surface area contributed by atoms with Crippen molar-refractivity contribution in [3.05, 3.63) is 83.6 Å². The van der Waals surface area contributed by atoms with E-state index in [0.717, 1.165) is 32.8 Å². The monoisotopic (exact) mass is 386 g/mol. The molecule has 1 amide bonds. The lowest BCUT2D eigenvalue weighted by molar-refractivity contribution is -0.120.